The van der Waals surface area contributed by atoms with Gasteiger partial charge in [0.2, 0.25) is 5.91 Å². The third-order valence-electron chi connectivity index (χ3n) is 5.40. The van der Waals surface area contributed by atoms with Crippen LogP contribution in [0.5, 0.6) is 5.75 Å². The smallest absolute Gasteiger partial charge is 0.254 e. The molecule has 1 saturated heterocycles. The second kappa shape index (κ2) is 9.53. The Morgan fingerprint density at radius 1 is 1.22 bits per heavy atom. The van der Waals surface area contributed by atoms with Crippen LogP contribution in [-0.4, -0.2) is 45.8 Å². The lowest BCUT2D eigenvalue weighted by Crippen LogP contribution is -2.26. The molecule has 14 heteroatoms. The van der Waals surface area contributed by atoms with Crippen LogP contribution in [0.1, 0.15) is 12.5 Å². The van der Waals surface area contributed by atoms with Gasteiger partial charge in [0.05, 0.1) is 51.5 Å². The molecule has 0 bridgehead atoms. The Morgan fingerprint density at radius 2 is 1.92 bits per heavy atom. The lowest BCUT2D eigenvalue weighted by molar-refractivity contribution is -0.118. The van der Waals surface area contributed by atoms with E-state index in [1.807, 2.05) is 6.07 Å². The van der Waals surface area contributed by atoms with Crippen LogP contribution in [0.4, 0.5) is 21.5 Å². The molecule has 0 aliphatic carbocycles. The zero-order valence-electron chi connectivity index (χ0n) is 18.6. The van der Waals surface area contributed by atoms with E-state index in [-0.39, 0.29) is 34.3 Å². The minimum absolute atomic E-state index is 0.119. The van der Waals surface area contributed by atoms with E-state index in [2.05, 4.69) is 15.6 Å². The molecule has 1 aliphatic rings. The van der Waals surface area contributed by atoms with Gasteiger partial charge in [-0.15, -0.1) is 0 Å². The molecule has 1 aliphatic heterocycles. The Balaban J connectivity index is 1.79. The number of nitrogens with zero attached hydrogens (tertiary/aromatic N) is 2. The van der Waals surface area contributed by atoms with Gasteiger partial charge in [-0.25, -0.2) is 21.2 Å². The van der Waals surface area contributed by atoms with Crippen LogP contribution in [0.25, 0.3) is 10.9 Å². The molecule has 1 fully saturated rings. The van der Waals surface area contributed by atoms with E-state index in [1.165, 1.54) is 30.5 Å². The number of nitrogens with one attached hydrogen (secondary N) is 2. The SMILES string of the molecule is CCOc1cc2ncc(C#N)c(Nc3ccc(F)c(Cl)c3)c2cc1NC(=O)C1CS(=O)(=O)S(=O)(=O)C1. The van der Waals surface area contributed by atoms with Crippen molar-refractivity contribution in [1.29, 1.82) is 5.26 Å². The van der Waals surface area contributed by atoms with Gasteiger partial charge in [0.25, 0.3) is 17.7 Å². The lowest BCUT2D eigenvalue weighted by Gasteiger charge is -2.17. The number of hydrogen-bond donors (Lipinski definition) is 2. The van der Waals surface area contributed by atoms with E-state index >= 15 is 0 Å². The molecule has 2 heterocycles. The monoisotopic (exact) mass is 552 g/mol. The van der Waals surface area contributed by atoms with Crippen molar-refractivity contribution in [2.24, 2.45) is 5.92 Å². The Morgan fingerprint density at radius 3 is 2.53 bits per heavy atom. The van der Waals surface area contributed by atoms with Gasteiger partial charge in [0, 0.05) is 23.3 Å². The van der Waals surface area contributed by atoms with Crippen molar-refractivity contribution in [1.82, 2.24) is 4.98 Å². The van der Waals surface area contributed by atoms with Crippen molar-refractivity contribution in [2.45, 2.75) is 6.92 Å². The van der Waals surface area contributed by atoms with Gasteiger partial charge in [0.15, 0.2) is 0 Å². The van der Waals surface area contributed by atoms with Gasteiger partial charge in [0.1, 0.15) is 17.6 Å². The third kappa shape index (κ3) is 4.79. The van der Waals surface area contributed by atoms with Crippen molar-refractivity contribution in [3.8, 4) is 11.8 Å². The van der Waals surface area contributed by atoms with Gasteiger partial charge in [-0.1, -0.05) is 11.6 Å². The summed E-state index contributed by atoms with van der Waals surface area (Å²) in [5.74, 6) is -4.18. The summed E-state index contributed by atoms with van der Waals surface area (Å²) in [7, 11) is -8.87. The number of pyridine rings is 1. The van der Waals surface area contributed by atoms with Crippen molar-refractivity contribution in [3.63, 3.8) is 0 Å². The van der Waals surface area contributed by atoms with Gasteiger partial charge in [-0.3, -0.25) is 9.78 Å². The van der Waals surface area contributed by atoms with Crippen LogP contribution in [0, 0.1) is 23.1 Å². The van der Waals surface area contributed by atoms with Crippen LogP contribution in [0.15, 0.2) is 36.5 Å². The van der Waals surface area contributed by atoms with Crippen molar-refractivity contribution < 1.29 is 30.8 Å². The number of carbonyl (C=O) groups is 1. The number of benzene rings is 2. The van der Waals surface area contributed by atoms with E-state index in [1.54, 1.807) is 6.92 Å². The molecule has 2 aromatic carbocycles. The van der Waals surface area contributed by atoms with Crippen LogP contribution in [0.3, 0.4) is 0 Å². The molecule has 0 atom stereocenters. The summed E-state index contributed by atoms with van der Waals surface area (Å²) in [6, 6.07) is 8.91. The standard InChI is InChI=1S/C22H18ClFN4O6S2/c1-2-34-20-7-18-15(6-19(20)28-22(29)13-10-35(30,31)36(32,33)11-13)21(12(8-25)9-26-18)27-14-3-4-17(24)16(23)5-14/h3-7,9,13H,2,10-11H2,1H3,(H,26,27)(H,28,29). The molecular weight excluding hydrogens is 535 g/mol. The molecule has 1 amide bonds. The number of hydrogen-bond acceptors (Lipinski definition) is 9. The molecule has 0 unspecified atom stereocenters. The first-order valence-corrected chi connectivity index (χ1v) is 14.6. The van der Waals surface area contributed by atoms with Crippen molar-refractivity contribution >= 4 is 63.2 Å². The average molecular weight is 553 g/mol. The summed E-state index contributed by atoms with van der Waals surface area (Å²) in [4.78, 5) is 17.1. The molecule has 3 aromatic rings. The fourth-order valence-electron chi connectivity index (χ4n) is 3.66. The van der Waals surface area contributed by atoms with Crippen LogP contribution in [-0.2, 0) is 22.5 Å². The Kier molecular flexibility index (Phi) is 6.78. The number of amides is 1. The minimum Gasteiger partial charge on any atom is -0.492 e. The highest BCUT2D eigenvalue weighted by Gasteiger charge is 2.46. The number of rotatable bonds is 6. The van der Waals surface area contributed by atoms with Gasteiger partial charge in [-0.05, 0) is 31.2 Å². The summed E-state index contributed by atoms with van der Waals surface area (Å²) in [6.45, 7) is 1.93. The second-order valence-corrected chi connectivity index (χ2v) is 14.2. The first-order chi connectivity index (χ1) is 17.0. The largest absolute Gasteiger partial charge is 0.492 e. The molecule has 0 saturated carbocycles. The Bertz CT molecular complexity index is 1620. The Labute approximate surface area is 210 Å². The fourth-order valence-corrected chi connectivity index (χ4v) is 8.16. The Hall–Kier alpha value is -3.47. The van der Waals surface area contributed by atoms with E-state index in [0.717, 1.165) is 6.07 Å². The molecule has 2 N–H and O–H groups in total. The maximum atomic E-state index is 13.6. The summed E-state index contributed by atoms with van der Waals surface area (Å²) in [6.07, 6.45) is 1.33. The second-order valence-electron chi connectivity index (χ2n) is 7.85. The zero-order valence-corrected chi connectivity index (χ0v) is 21.0. The molecule has 10 nitrogen and oxygen atoms in total. The number of fused-ring (bicyclic) bond motifs is 1. The number of nitriles is 1. The van der Waals surface area contributed by atoms with E-state index in [9.17, 15) is 31.3 Å². The predicted octanol–water partition coefficient (Wildman–Crippen LogP) is 3.35. The summed E-state index contributed by atoms with van der Waals surface area (Å²) in [5.41, 5.74) is 1.31. The molecule has 188 valence electrons. The number of ether oxygens (including phenoxy) is 1. The first kappa shape index (κ1) is 25.6. The van der Waals surface area contributed by atoms with Gasteiger partial charge in [-0.2, -0.15) is 5.26 Å². The highest BCUT2D eigenvalue weighted by Crippen LogP contribution is 2.37. The summed E-state index contributed by atoms with van der Waals surface area (Å²) in [5, 5.41) is 15.4. The van der Waals surface area contributed by atoms with Crippen molar-refractivity contribution in [3.05, 3.63) is 52.9 Å². The molecule has 36 heavy (non-hydrogen) atoms. The van der Waals surface area contributed by atoms with E-state index < -0.39 is 46.9 Å². The lowest BCUT2D eigenvalue weighted by atomic mass is 10.1. The number of anilines is 3. The first-order valence-electron chi connectivity index (χ1n) is 10.4. The fraction of sp³-hybridized carbons (Fsp3) is 0.227. The summed E-state index contributed by atoms with van der Waals surface area (Å²) >= 11 is 5.87. The molecule has 0 spiro atoms. The normalized spacial score (nSPS) is 16.4. The minimum atomic E-state index is -4.44. The summed E-state index contributed by atoms with van der Waals surface area (Å²) < 4.78 is 66.6. The molecule has 1 aromatic heterocycles. The maximum Gasteiger partial charge on any atom is 0.254 e. The predicted molar refractivity (Wildman–Crippen MR) is 132 cm³/mol. The topological polar surface area (TPSA) is 155 Å². The average Bonchev–Trinajstić information content (AvgIpc) is 3.04. The maximum absolute atomic E-state index is 13.6. The quantitative estimate of drug-likeness (QED) is 0.438. The van der Waals surface area contributed by atoms with Gasteiger partial charge < -0.3 is 15.4 Å². The van der Waals surface area contributed by atoms with Crippen LogP contribution < -0.4 is 15.4 Å². The van der Waals surface area contributed by atoms with Crippen LogP contribution >= 0.6 is 11.6 Å². The van der Waals surface area contributed by atoms with Crippen molar-refractivity contribution in [2.75, 3.05) is 28.7 Å². The highest BCUT2D eigenvalue weighted by atomic mass is 35.5. The molecule has 4 rings (SSSR count). The van der Waals surface area contributed by atoms with Crippen LogP contribution in [0.2, 0.25) is 5.02 Å². The van der Waals surface area contributed by atoms with Gasteiger partial charge >= 0.3 is 0 Å². The third-order valence-corrected chi connectivity index (χ3v) is 11.2. The molecular formula is C22H18ClFN4O6S2. The number of carbonyl (C=O) groups excluding carboxylic acids is 1. The number of aromatic nitrogens is 1. The van der Waals surface area contributed by atoms with E-state index in [0.29, 0.717) is 16.6 Å². The highest BCUT2D eigenvalue weighted by molar-refractivity contribution is 8.67. The van der Waals surface area contributed by atoms with E-state index in [4.69, 9.17) is 16.3 Å². The molecule has 0 radical (unpaired) electrons. The number of halogens is 2. The zero-order chi connectivity index (χ0) is 26.3.